The maximum Gasteiger partial charge on any atom is 0.338 e. The lowest BCUT2D eigenvalue weighted by Gasteiger charge is -2.36. The van der Waals surface area contributed by atoms with Crippen LogP contribution in [0.15, 0.2) is 82.0 Å². The third-order valence-electron chi connectivity index (χ3n) is 6.10. The summed E-state index contributed by atoms with van der Waals surface area (Å²) in [6.45, 7) is 6.12. The molecule has 0 aliphatic carbocycles. The van der Waals surface area contributed by atoms with Gasteiger partial charge in [-0.3, -0.25) is 4.90 Å². The molecule has 1 aliphatic rings. The Labute approximate surface area is 181 Å². The number of nitrogens with one attached hydrogen (secondary N) is 1. The second kappa shape index (κ2) is 8.82. The quantitative estimate of drug-likeness (QED) is 0.371. The lowest BCUT2D eigenvalue weighted by Crippen LogP contribution is -2.46. The predicted molar refractivity (Wildman–Crippen MR) is 128 cm³/mol. The van der Waals surface area contributed by atoms with E-state index in [1.807, 2.05) is 24.3 Å². The molecule has 0 unspecified atom stereocenters. The molecule has 0 bridgehead atoms. The number of hydrogen-bond acceptors (Lipinski definition) is 5. The molecule has 1 aliphatic heterocycles. The highest BCUT2D eigenvalue weighted by molar-refractivity contribution is 5.94. The van der Waals surface area contributed by atoms with Crippen molar-refractivity contribution in [3.63, 3.8) is 0 Å². The standard InChI is InChI=1S/C26H27N3O2/c30-26-19-23(22-10-3-4-12-25(22)31-26)27-13-6-14-28-15-17-29(18-16-28)24-11-5-8-20-7-1-2-9-21(20)24/h1-5,7-12,19,27H,6,13-18H2. The smallest absolute Gasteiger partial charge is 0.338 e. The van der Waals surface area contributed by atoms with Gasteiger partial charge in [-0.2, -0.15) is 0 Å². The molecule has 0 spiro atoms. The number of piperazine rings is 1. The first-order valence-electron chi connectivity index (χ1n) is 11.0. The van der Waals surface area contributed by atoms with Crippen LogP contribution in [0, 0.1) is 0 Å². The lowest BCUT2D eigenvalue weighted by molar-refractivity contribution is 0.257. The first kappa shape index (κ1) is 19.6. The van der Waals surface area contributed by atoms with Crippen LogP contribution in [0.1, 0.15) is 6.42 Å². The van der Waals surface area contributed by atoms with E-state index in [1.165, 1.54) is 16.5 Å². The van der Waals surface area contributed by atoms with Crippen molar-refractivity contribution in [2.75, 3.05) is 49.5 Å². The normalized spacial score (nSPS) is 14.9. The third-order valence-corrected chi connectivity index (χ3v) is 6.10. The van der Waals surface area contributed by atoms with Crippen molar-refractivity contribution < 1.29 is 4.42 Å². The summed E-state index contributed by atoms with van der Waals surface area (Å²) in [6, 6.07) is 24.4. The average molecular weight is 414 g/mol. The van der Waals surface area contributed by atoms with Gasteiger partial charge < -0.3 is 14.6 Å². The summed E-state index contributed by atoms with van der Waals surface area (Å²) in [4.78, 5) is 16.8. The van der Waals surface area contributed by atoms with Crippen molar-refractivity contribution >= 4 is 33.1 Å². The van der Waals surface area contributed by atoms with Crippen LogP contribution in [0.5, 0.6) is 0 Å². The molecule has 1 aromatic heterocycles. The van der Waals surface area contributed by atoms with E-state index in [9.17, 15) is 4.79 Å². The van der Waals surface area contributed by atoms with Crippen molar-refractivity contribution in [1.82, 2.24) is 4.90 Å². The van der Waals surface area contributed by atoms with Gasteiger partial charge in [-0.25, -0.2) is 4.79 Å². The van der Waals surface area contributed by atoms with Crippen LogP contribution in [0.4, 0.5) is 11.4 Å². The molecule has 3 aromatic carbocycles. The van der Waals surface area contributed by atoms with Gasteiger partial charge in [-0.05, 0) is 36.6 Å². The summed E-state index contributed by atoms with van der Waals surface area (Å²) in [5.41, 5.74) is 2.51. The van der Waals surface area contributed by atoms with Crippen molar-refractivity contribution in [1.29, 1.82) is 0 Å². The fraction of sp³-hybridized carbons (Fsp3) is 0.269. The maximum atomic E-state index is 11.8. The molecule has 1 fully saturated rings. The van der Waals surface area contributed by atoms with Gasteiger partial charge in [0.1, 0.15) is 5.58 Å². The van der Waals surface area contributed by atoms with Gasteiger partial charge in [-0.15, -0.1) is 0 Å². The van der Waals surface area contributed by atoms with Crippen molar-refractivity contribution in [3.05, 3.63) is 83.2 Å². The summed E-state index contributed by atoms with van der Waals surface area (Å²) < 4.78 is 5.27. The Morgan fingerprint density at radius 3 is 2.45 bits per heavy atom. The molecule has 0 atom stereocenters. The zero-order chi connectivity index (χ0) is 21.0. The van der Waals surface area contributed by atoms with Crippen LogP contribution in [-0.2, 0) is 0 Å². The highest BCUT2D eigenvalue weighted by Crippen LogP contribution is 2.27. The van der Waals surface area contributed by atoms with Gasteiger partial charge in [0.2, 0.25) is 0 Å². The van der Waals surface area contributed by atoms with E-state index in [4.69, 9.17) is 4.42 Å². The molecule has 5 rings (SSSR count). The lowest BCUT2D eigenvalue weighted by atomic mass is 10.1. The molecule has 0 amide bonds. The molecule has 0 radical (unpaired) electrons. The van der Waals surface area contributed by atoms with E-state index < -0.39 is 0 Å². The fourth-order valence-corrected chi connectivity index (χ4v) is 4.48. The van der Waals surface area contributed by atoms with E-state index in [-0.39, 0.29) is 5.63 Å². The number of fused-ring (bicyclic) bond motifs is 2. The predicted octanol–water partition coefficient (Wildman–Crippen LogP) is 4.57. The van der Waals surface area contributed by atoms with Crippen LogP contribution in [-0.4, -0.2) is 44.2 Å². The molecule has 1 N–H and O–H groups in total. The molecule has 2 heterocycles. The first-order valence-corrected chi connectivity index (χ1v) is 11.0. The minimum absolute atomic E-state index is 0.314. The van der Waals surface area contributed by atoms with Crippen molar-refractivity contribution in [3.8, 4) is 0 Å². The van der Waals surface area contributed by atoms with E-state index in [0.29, 0.717) is 5.58 Å². The number of rotatable bonds is 6. The summed E-state index contributed by atoms with van der Waals surface area (Å²) in [7, 11) is 0. The third kappa shape index (κ3) is 4.28. The zero-order valence-corrected chi connectivity index (χ0v) is 17.6. The Balaban J connectivity index is 1.14. The van der Waals surface area contributed by atoms with Crippen LogP contribution in [0.2, 0.25) is 0 Å². The summed E-state index contributed by atoms with van der Waals surface area (Å²) in [5.74, 6) is 0. The molecule has 1 saturated heterocycles. The summed E-state index contributed by atoms with van der Waals surface area (Å²) >= 11 is 0. The highest BCUT2D eigenvalue weighted by atomic mass is 16.4. The topological polar surface area (TPSA) is 48.7 Å². The van der Waals surface area contributed by atoms with Gasteiger partial charge in [0, 0.05) is 55.2 Å². The highest BCUT2D eigenvalue weighted by Gasteiger charge is 2.18. The second-order valence-corrected chi connectivity index (χ2v) is 8.08. The average Bonchev–Trinajstić information content (AvgIpc) is 2.82. The van der Waals surface area contributed by atoms with E-state index >= 15 is 0 Å². The Kier molecular flexibility index (Phi) is 5.59. The van der Waals surface area contributed by atoms with E-state index in [0.717, 1.165) is 56.8 Å². The summed E-state index contributed by atoms with van der Waals surface area (Å²) in [6.07, 6.45) is 1.03. The maximum absolute atomic E-state index is 11.8. The number of nitrogens with zero attached hydrogens (tertiary/aromatic N) is 2. The number of hydrogen-bond donors (Lipinski definition) is 1. The fourth-order valence-electron chi connectivity index (χ4n) is 4.48. The second-order valence-electron chi connectivity index (χ2n) is 8.08. The largest absolute Gasteiger partial charge is 0.423 e. The van der Waals surface area contributed by atoms with Crippen molar-refractivity contribution in [2.24, 2.45) is 0 Å². The molecular formula is C26H27N3O2. The Morgan fingerprint density at radius 1 is 0.839 bits per heavy atom. The monoisotopic (exact) mass is 413 g/mol. The van der Waals surface area contributed by atoms with Crippen molar-refractivity contribution in [2.45, 2.75) is 6.42 Å². The Bertz CT molecular complexity index is 1240. The number of benzene rings is 3. The van der Waals surface area contributed by atoms with Gasteiger partial charge in [0.25, 0.3) is 0 Å². The Morgan fingerprint density at radius 2 is 1.58 bits per heavy atom. The molecule has 0 saturated carbocycles. The molecular weight excluding hydrogens is 386 g/mol. The van der Waals surface area contributed by atoms with E-state index in [2.05, 4.69) is 57.6 Å². The van der Waals surface area contributed by atoms with Crippen LogP contribution in [0.3, 0.4) is 0 Å². The molecule has 31 heavy (non-hydrogen) atoms. The number of para-hydroxylation sites is 1. The molecule has 4 aromatic rings. The van der Waals surface area contributed by atoms with Gasteiger partial charge in [0.15, 0.2) is 0 Å². The minimum atomic E-state index is -0.314. The molecule has 5 heteroatoms. The van der Waals surface area contributed by atoms with Crippen LogP contribution in [0.25, 0.3) is 21.7 Å². The van der Waals surface area contributed by atoms with Crippen LogP contribution >= 0.6 is 0 Å². The van der Waals surface area contributed by atoms with E-state index in [1.54, 1.807) is 6.07 Å². The number of anilines is 2. The zero-order valence-electron chi connectivity index (χ0n) is 17.6. The van der Waals surface area contributed by atoms with Gasteiger partial charge >= 0.3 is 5.63 Å². The minimum Gasteiger partial charge on any atom is -0.423 e. The SMILES string of the molecule is O=c1cc(NCCCN2CCN(c3cccc4ccccc34)CC2)c2ccccc2o1. The summed E-state index contributed by atoms with van der Waals surface area (Å²) in [5, 5.41) is 7.01. The molecule has 158 valence electrons. The molecule has 5 nitrogen and oxygen atoms in total. The first-order chi connectivity index (χ1) is 15.3. The van der Waals surface area contributed by atoms with Gasteiger partial charge in [0.05, 0.1) is 5.69 Å². The van der Waals surface area contributed by atoms with Gasteiger partial charge in [-0.1, -0.05) is 48.5 Å². The Hall–Kier alpha value is -3.31. The van der Waals surface area contributed by atoms with Crippen LogP contribution < -0.4 is 15.8 Å².